The molecule has 0 radical (unpaired) electrons. The van der Waals surface area contributed by atoms with E-state index in [4.69, 9.17) is 9.72 Å². The Balaban J connectivity index is 1.55. The van der Waals surface area contributed by atoms with Crippen molar-refractivity contribution >= 4 is 28.5 Å². The van der Waals surface area contributed by atoms with Gasteiger partial charge in [-0.2, -0.15) is 5.26 Å². The monoisotopic (exact) mass is 416 g/mol. The van der Waals surface area contributed by atoms with Crippen molar-refractivity contribution in [2.24, 2.45) is 0 Å². The third kappa shape index (κ3) is 3.66. The SMILES string of the molecule is N#Cc1ccccc1COC(=O)c1c2c(nc3ccccc13)C(=Cc1ccccc1)CC2. The minimum absolute atomic E-state index is 0.0563. The number of allylic oxidation sites excluding steroid dienone is 1. The van der Waals surface area contributed by atoms with Crippen molar-refractivity contribution in [1.82, 2.24) is 4.98 Å². The van der Waals surface area contributed by atoms with Crippen LogP contribution in [0.4, 0.5) is 0 Å². The first-order valence-corrected chi connectivity index (χ1v) is 10.6. The van der Waals surface area contributed by atoms with Crippen LogP contribution in [0.15, 0.2) is 78.9 Å². The third-order valence-corrected chi connectivity index (χ3v) is 5.78. The van der Waals surface area contributed by atoms with Gasteiger partial charge in [-0.15, -0.1) is 0 Å². The van der Waals surface area contributed by atoms with Crippen LogP contribution in [0.1, 0.15) is 44.7 Å². The zero-order valence-electron chi connectivity index (χ0n) is 17.4. The van der Waals surface area contributed by atoms with Crippen molar-refractivity contribution in [3.63, 3.8) is 0 Å². The predicted octanol–water partition coefficient (Wildman–Crippen LogP) is 5.95. The average Bonchev–Trinajstić information content (AvgIpc) is 3.23. The van der Waals surface area contributed by atoms with E-state index < -0.39 is 0 Å². The molecule has 0 fully saturated rings. The standard InChI is InChI=1S/C28H20N2O2/c29-17-21-10-4-5-11-22(21)18-32-28(31)26-23-12-6-7-13-25(23)30-27-20(14-15-24(26)27)16-19-8-2-1-3-9-19/h1-13,16H,14-15,18H2. The molecule has 0 saturated heterocycles. The fraction of sp³-hybridized carbons (Fsp3) is 0.107. The summed E-state index contributed by atoms with van der Waals surface area (Å²) in [6, 6.07) is 27.1. The molecule has 154 valence electrons. The lowest BCUT2D eigenvalue weighted by molar-refractivity contribution is 0.0473. The summed E-state index contributed by atoms with van der Waals surface area (Å²) in [5.41, 5.74) is 6.61. The molecule has 4 heteroatoms. The number of hydrogen-bond donors (Lipinski definition) is 0. The number of aromatic nitrogens is 1. The van der Waals surface area contributed by atoms with Crippen LogP contribution in [0.3, 0.4) is 0 Å². The molecule has 0 aliphatic heterocycles. The molecular weight excluding hydrogens is 396 g/mol. The van der Waals surface area contributed by atoms with E-state index in [0.717, 1.165) is 46.1 Å². The lowest BCUT2D eigenvalue weighted by Crippen LogP contribution is -2.11. The van der Waals surface area contributed by atoms with E-state index in [2.05, 4.69) is 24.3 Å². The maximum absolute atomic E-state index is 13.3. The molecule has 1 aliphatic carbocycles. The smallest absolute Gasteiger partial charge is 0.339 e. The molecule has 0 saturated carbocycles. The second-order valence-electron chi connectivity index (χ2n) is 7.76. The van der Waals surface area contributed by atoms with E-state index in [1.807, 2.05) is 54.6 Å². The Hall–Kier alpha value is -4.23. The van der Waals surface area contributed by atoms with Gasteiger partial charge >= 0.3 is 5.97 Å². The molecule has 32 heavy (non-hydrogen) atoms. The Kier molecular flexibility index (Phi) is 5.23. The number of ether oxygens (including phenoxy) is 1. The van der Waals surface area contributed by atoms with Crippen LogP contribution in [0.25, 0.3) is 22.6 Å². The molecule has 0 spiro atoms. The summed E-state index contributed by atoms with van der Waals surface area (Å²) in [4.78, 5) is 18.2. The van der Waals surface area contributed by atoms with E-state index in [0.29, 0.717) is 16.7 Å². The molecule has 1 heterocycles. The Labute approximate surface area is 186 Å². The number of para-hydroxylation sites is 1. The van der Waals surface area contributed by atoms with Crippen molar-refractivity contribution in [1.29, 1.82) is 5.26 Å². The Morgan fingerprint density at radius 1 is 0.969 bits per heavy atom. The predicted molar refractivity (Wildman–Crippen MR) is 125 cm³/mol. The van der Waals surface area contributed by atoms with Gasteiger partial charge in [-0.05, 0) is 47.8 Å². The molecule has 3 aromatic carbocycles. The zero-order chi connectivity index (χ0) is 21.9. The molecule has 0 unspecified atom stereocenters. The molecule has 4 nitrogen and oxygen atoms in total. The van der Waals surface area contributed by atoms with Crippen LogP contribution in [-0.4, -0.2) is 11.0 Å². The summed E-state index contributed by atoms with van der Waals surface area (Å²) in [6.07, 6.45) is 3.71. The summed E-state index contributed by atoms with van der Waals surface area (Å²) in [5, 5.41) is 10.1. The number of rotatable bonds is 4. The Bertz CT molecular complexity index is 1400. The van der Waals surface area contributed by atoms with Gasteiger partial charge in [0.1, 0.15) is 6.61 Å². The van der Waals surface area contributed by atoms with Gasteiger partial charge in [0.05, 0.1) is 28.4 Å². The lowest BCUT2D eigenvalue weighted by Gasteiger charge is -2.13. The van der Waals surface area contributed by atoms with Crippen molar-refractivity contribution in [3.05, 3.63) is 112 Å². The molecular formula is C28H20N2O2. The van der Waals surface area contributed by atoms with E-state index in [9.17, 15) is 10.1 Å². The molecule has 0 amide bonds. The van der Waals surface area contributed by atoms with E-state index >= 15 is 0 Å². The van der Waals surface area contributed by atoms with Crippen molar-refractivity contribution < 1.29 is 9.53 Å². The highest BCUT2D eigenvalue weighted by atomic mass is 16.5. The molecule has 1 aliphatic rings. The maximum Gasteiger partial charge on any atom is 0.339 e. The highest BCUT2D eigenvalue weighted by Crippen LogP contribution is 2.37. The van der Waals surface area contributed by atoms with Crippen LogP contribution in [0.5, 0.6) is 0 Å². The van der Waals surface area contributed by atoms with Gasteiger partial charge in [-0.25, -0.2) is 9.78 Å². The van der Waals surface area contributed by atoms with Crippen molar-refractivity contribution in [2.45, 2.75) is 19.4 Å². The van der Waals surface area contributed by atoms with Gasteiger partial charge < -0.3 is 4.74 Å². The van der Waals surface area contributed by atoms with Gasteiger partial charge in [0.2, 0.25) is 0 Å². The number of nitriles is 1. The zero-order valence-corrected chi connectivity index (χ0v) is 17.4. The number of benzene rings is 3. The molecule has 0 atom stereocenters. The van der Waals surface area contributed by atoms with Crippen LogP contribution >= 0.6 is 0 Å². The molecule has 0 bridgehead atoms. The summed E-state index contributed by atoms with van der Waals surface area (Å²) in [5.74, 6) is -0.381. The molecule has 5 rings (SSSR count). The minimum Gasteiger partial charge on any atom is -0.457 e. The second-order valence-corrected chi connectivity index (χ2v) is 7.76. The number of fused-ring (bicyclic) bond motifs is 2. The topological polar surface area (TPSA) is 63.0 Å². The van der Waals surface area contributed by atoms with Crippen LogP contribution in [0, 0.1) is 11.3 Å². The maximum atomic E-state index is 13.3. The van der Waals surface area contributed by atoms with Crippen LogP contribution in [-0.2, 0) is 17.8 Å². The number of carbonyl (C=O) groups excluding carboxylic acids is 1. The average molecular weight is 416 g/mol. The normalized spacial score (nSPS) is 13.7. The first kappa shape index (κ1) is 19.7. The fourth-order valence-electron chi connectivity index (χ4n) is 4.23. The van der Waals surface area contributed by atoms with Crippen LogP contribution in [0.2, 0.25) is 0 Å². The summed E-state index contributed by atoms with van der Waals surface area (Å²) >= 11 is 0. The van der Waals surface area contributed by atoms with Gasteiger partial charge in [0.15, 0.2) is 0 Å². The first-order chi connectivity index (χ1) is 15.7. The number of esters is 1. The number of hydrogen-bond acceptors (Lipinski definition) is 4. The second kappa shape index (κ2) is 8.49. The van der Waals surface area contributed by atoms with E-state index in [-0.39, 0.29) is 12.6 Å². The Morgan fingerprint density at radius 3 is 2.56 bits per heavy atom. The quantitative estimate of drug-likeness (QED) is 0.386. The van der Waals surface area contributed by atoms with Gasteiger partial charge in [0.25, 0.3) is 0 Å². The fourth-order valence-corrected chi connectivity index (χ4v) is 4.23. The van der Waals surface area contributed by atoms with Crippen molar-refractivity contribution in [2.75, 3.05) is 0 Å². The molecule has 4 aromatic rings. The van der Waals surface area contributed by atoms with Crippen LogP contribution < -0.4 is 0 Å². The summed E-state index contributed by atoms with van der Waals surface area (Å²) in [7, 11) is 0. The van der Waals surface area contributed by atoms with Gasteiger partial charge in [0, 0.05) is 10.9 Å². The third-order valence-electron chi connectivity index (χ3n) is 5.78. The number of carbonyl (C=O) groups is 1. The summed E-state index contributed by atoms with van der Waals surface area (Å²) in [6.45, 7) is 0.0563. The Morgan fingerprint density at radius 2 is 1.72 bits per heavy atom. The van der Waals surface area contributed by atoms with E-state index in [1.54, 1.807) is 12.1 Å². The van der Waals surface area contributed by atoms with E-state index in [1.165, 1.54) is 0 Å². The van der Waals surface area contributed by atoms with Crippen molar-refractivity contribution in [3.8, 4) is 6.07 Å². The summed E-state index contributed by atoms with van der Waals surface area (Å²) < 4.78 is 5.71. The molecule has 0 N–H and O–H groups in total. The first-order valence-electron chi connectivity index (χ1n) is 10.6. The largest absolute Gasteiger partial charge is 0.457 e. The highest BCUT2D eigenvalue weighted by molar-refractivity contribution is 6.07. The highest BCUT2D eigenvalue weighted by Gasteiger charge is 2.27. The number of pyridine rings is 1. The molecule has 1 aromatic heterocycles. The number of nitrogens with zero attached hydrogens (tertiary/aromatic N) is 2. The van der Waals surface area contributed by atoms with Gasteiger partial charge in [-0.3, -0.25) is 0 Å². The lowest BCUT2D eigenvalue weighted by atomic mass is 10.0. The van der Waals surface area contributed by atoms with Gasteiger partial charge in [-0.1, -0.05) is 66.7 Å². The minimum atomic E-state index is -0.381.